The molecule has 0 aliphatic rings. The monoisotopic (exact) mass is 406 g/mol. The van der Waals surface area contributed by atoms with E-state index >= 15 is 0 Å². The maximum Gasteiger partial charge on any atom is 0.275 e. The summed E-state index contributed by atoms with van der Waals surface area (Å²) in [5.74, 6) is -0.883. The van der Waals surface area contributed by atoms with Gasteiger partial charge in [0, 0.05) is 15.5 Å². The minimum Gasteiger partial charge on any atom is -0.365 e. The molecule has 8 heteroatoms. The van der Waals surface area contributed by atoms with Gasteiger partial charge >= 0.3 is 0 Å². The number of hydrogen-bond acceptors (Lipinski definition) is 4. The summed E-state index contributed by atoms with van der Waals surface area (Å²) in [5.41, 5.74) is 8.31. The van der Waals surface area contributed by atoms with Crippen molar-refractivity contribution >= 4 is 49.7 Å². The molecule has 3 rings (SSSR count). The van der Waals surface area contributed by atoms with Crippen molar-refractivity contribution in [2.75, 3.05) is 5.32 Å². The molecular formula is C16H15BrN4O2S. The molecule has 0 radical (unpaired) electrons. The van der Waals surface area contributed by atoms with Crippen LogP contribution in [0.1, 0.15) is 37.0 Å². The Morgan fingerprint density at radius 2 is 2.00 bits per heavy atom. The number of carbonyl (C=O) groups excluding carboxylic acids is 2. The largest absolute Gasteiger partial charge is 0.365 e. The number of fused-ring (bicyclic) bond motifs is 1. The SMILES string of the molecule is Cc1nc2ccc(Br)cn2c1C(=O)Nc1sc(C)c(C)c1C(N)=O. The fourth-order valence-corrected chi connectivity index (χ4v) is 3.98. The predicted molar refractivity (Wildman–Crippen MR) is 97.9 cm³/mol. The van der Waals surface area contributed by atoms with Crippen molar-refractivity contribution in [2.24, 2.45) is 5.73 Å². The molecule has 0 bridgehead atoms. The molecule has 124 valence electrons. The summed E-state index contributed by atoms with van der Waals surface area (Å²) in [4.78, 5) is 29.8. The molecule has 3 N–H and O–H groups in total. The topological polar surface area (TPSA) is 89.5 Å². The van der Waals surface area contributed by atoms with E-state index in [0.29, 0.717) is 27.6 Å². The Balaban J connectivity index is 2.06. The standard InChI is InChI=1S/C16H15BrN4O2S/c1-7-9(3)24-16(12(7)14(18)22)20-15(23)13-8(2)19-11-5-4-10(17)6-21(11)13/h4-6H,1-3H3,(H2,18,22)(H,20,23). The summed E-state index contributed by atoms with van der Waals surface area (Å²) in [6.07, 6.45) is 1.78. The van der Waals surface area contributed by atoms with Crippen LogP contribution in [0.3, 0.4) is 0 Å². The van der Waals surface area contributed by atoms with E-state index in [2.05, 4.69) is 26.2 Å². The van der Waals surface area contributed by atoms with E-state index in [9.17, 15) is 9.59 Å². The average Bonchev–Trinajstić information content (AvgIpc) is 2.95. The molecule has 0 unspecified atom stereocenters. The summed E-state index contributed by atoms with van der Waals surface area (Å²) in [6, 6.07) is 3.68. The maximum atomic E-state index is 12.8. The molecule has 3 aromatic rings. The van der Waals surface area contributed by atoms with Gasteiger partial charge in [0.1, 0.15) is 16.3 Å². The third-order valence-corrected chi connectivity index (χ3v) is 5.42. The Kier molecular flexibility index (Phi) is 4.18. The molecule has 0 saturated heterocycles. The molecule has 3 heterocycles. The lowest BCUT2D eigenvalue weighted by Crippen LogP contribution is -2.19. The van der Waals surface area contributed by atoms with Crippen molar-refractivity contribution in [3.63, 3.8) is 0 Å². The zero-order chi connectivity index (χ0) is 17.6. The van der Waals surface area contributed by atoms with Gasteiger partial charge in [-0.3, -0.25) is 14.0 Å². The highest BCUT2D eigenvalue weighted by molar-refractivity contribution is 9.10. The minimum atomic E-state index is -0.551. The number of nitrogens with zero attached hydrogens (tertiary/aromatic N) is 2. The Bertz CT molecular complexity index is 990. The molecule has 6 nitrogen and oxygen atoms in total. The number of carbonyl (C=O) groups is 2. The highest BCUT2D eigenvalue weighted by atomic mass is 79.9. The lowest BCUT2D eigenvalue weighted by Gasteiger charge is -2.06. The van der Waals surface area contributed by atoms with Crippen LogP contribution >= 0.6 is 27.3 Å². The first kappa shape index (κ1) is 16.7. The number of pyridine rings is 1. The van der Waals surface area contributed by atoms with Gasteiger partial charge in [0.15, 0.2) is 0 Å². The number of imidazole rings is 1. The molecule has 0 spiro atoms. The number of amides is 2. The number of halogens is 1. The Morgan fingerprint density at radius 3 is 2.67 bits per heavy atom. The van der Waals surface area contributed by atoms with E-state index in [1.165, 1.54) is 11.3 Å². The van der Waals surface area contributed by atoms with Crippen molar-refractivity contribution < 1.29 is 9.59 Å². The van der Waals surface area contributed by atoms with Crippen molar-refractivity contribution in [3.8, 4) is 0 Å². The first-order valence-corrected chi connectivity index (χ1v) is 8.76. The lowest BCUT2D eigenvalue weighted by atomic mass is 10.1. The van der Waals surface area contributed by atoms with Crippen LogP contribution in [0.5, 0.6) is 0 Å². The first-order valence-electron chi connectivity index (χ1n) is 7.15. The molecule has 2 amide bonds. The third-order valence-electron chi connectivity index (χ3n) is 3.83. The van der Waals surface area contributed by atoms with E-state index in [0.717, 1.165) is 14.9 Å². The van der Waals surface area contributed by atoms with E-state index in [1.54, 1.807) is 17.5 Å². The van der Waals surface area contributed by atoms with Gasteiger partial charge in [-0.15, -0.1) is 11.3 Å². The van der Waals surface area contributed by atoms with Crippen LogP contribution in [-0.4, -0.2) is 21.2 Å². The van der Waals surface area contributed by atoms with Crippen molar-refractivity contribution in [1.82, 2.24) is 9.38 Å². The summed E-state index contributed by atoms with van der Waals surface area (Å²) in [6.45, 7) is 5.48. The highest BCUT2D eigenvalue weighted by Crippen LogP contribution is 2.32. The number of primary amides is 1. The highest BCUT2D eigenvalue weighted by Gasteiger charge is 2.22. The second-order valence-electron chi connectivity index (χ2n) is 5.43. The molecule has 0 saturated carbocycles. The molecule has 0 aliphatic heterocycles. The van der Waals surface area contributed by atoms with Gasteiger partial charge in [-0.05, 0) is 54.4 Å². The van der Waals surface area contributed by atoms with Crippen LogP contribution in [0.2, 0.25) is 0 Å². The Labute approximate surface area is 150 Å². The van der Waals surface area contributed by atoms with E-state index in [4.69, 9.17) is 5.73 Å². The van der Waals surface area contributed by atoms with Crippen molar-refractivity contribution in [1.29, 1.82) is 0 Å². The fourth-order valence-electron chi connectivity index (χ4n) is 2.58. The Hall–Kier alpha value is -2.19. The molecule has 24 heavy (non-hydrogen) atoms. The van der Waals surface area contributed by atoms with Gasteiger partial charge in [0.2, 0.25) is 0 Å². The van der Waals surface area contributed by atoms with E-state index in [1.807, 2.05) is 26.0 Å². The summed E-state index contributed by atoms with van der Waals surface area (Å²) < 4.78 is 2.55. The number of anilines is 1. The second kappa shape index (κ2) is 6.03. The number of hydrogen-bond donors (Lipinski definition) is 2. The number of nitrogens with two attached hydrogens (primary N) is 1. The zero-order valence-corrected chi connectivity index (χ0v) is 15.7. The number of aromatic nitrogens is 2. The minimum absolute atomic E-state index is 0.332. The second-order valence-corrected chi connectivity index (χ2v) is 7.57. The zero-order valence-electron chi connectivity index (χ0n) is 13.3. The van der Waals surface area contributed by atoms with Gasteiger partial charge in [-0.1, -0.05) is 0 Å². The fraction of sp³-hybridized carbons (Fsp3) is 0.188. The molecular weight excluding hydrogens is 392 g/mol. The van der Waals surface area contributed by atoms with Gasteiger partial charge in [0.05, 0.1) is 11.3 Å². The summed E-state index contributed by atoms with van der Waals surface area (Å²) in [7, 11) is 0. The van der Waals surface area contributed by atoms with Crippen LogP contribution in [0, 0.1) is 20.8 Å². The normalized spacial score (nSPS) is 11.0. The van der Waals surface area contributed by atoms with Gasteiger partial charge in [0.25, 0.3) is 11.8 Å². The van der Waals surface area contributed by atoms with E-state index in [-0.39, 0.29) is 5.91 Å². The number of nitrogens with one attached hydrogen (secondary N) is 1. The molecule has 0 atom stereocenters. The van der Waals surface area contributed by atoms with Crippen LogP contribution in [0.4, 0.5) is 5.00 Å². The third kappa shape index (κ3) is 2.71. The van der Waals surface area contributed by atoms with Gasteiger partial charge in [-0.2, -0.15) is 0 Å². The molecule has 0 aromatic carbocycles. The van der Waals surface area contributed by atoms with Crippen LogP contribution < -0.4 is 11.1 Å². The summed E-state index contributed by atoms with van der Waals surface area (Å²) in [5, 5.41) is 3.28. The number of rotatable bonds is 3. The molecule has 0 aliphatic carbocycles. The number of thiophene rings is 1. The maximum absolute atomic E-state index is 12.8. The Morgan fingerprint density at radius 1 is 1.29 bits per heavy atom. The van der Waals surface area contributed by atoms with Gasteiger partial charge in [-0.25, -0.2) is 4.98 Å². The van der Waals surface area contributed by atoms with Crippen LogP contribution in [-0.2, 0) is 0 Å². The molecule has 0 fully saturated rings. The van der Waals surface area contributed by atoms with Crippen molar-refractivity contribution in [3.05, 3.63) is 50.2 Å². The summed E-state index contributed by atoms with van der Waals surface area (Å²) >= 11 is 4.73. The van der Waals surface area contributed by atoms with Gasteiger partial charge < -0.3 is 11.1 Å². The first-order chi connectivity index (χ1) is 11.3. The number of aryl methyl sites for hydroxylation is 2. The van der Waals surface area contributed by atoms with Crippen LogP contribution in [0.25, 0.3) is 5.65 Å². The van der Waals surface area contributed by atoms with Crippen molar-refractivity contribution in [2.45, 2.75) is 20.8 Å². The smallest absolute Gasteiger partial charge is 0.275 e. The average molecular weight is 407 g/mol. The lowest BCUT2D eigenvalue weighted by molar-refractivity contribution is 0.100. The quantitative estimate of drug-likeness (QED) is 0.697. The van der Waals surface area contributed by atoms with Crippen LogP contribution in [0.15, 0.2) is 22.8 Å². The molecule has 3 aromatic heterocycles. The predicted octanol–water partition coefficient (Wildman–Crippen LogP) is 3.43. The van der Waals surface area contributed by atoms with E-state index < -0.39 is 5.91 Å².